The van der Waals surface area contributed by atoms with Crippen LogP contribution >= 0.6 is 0 Å². The highest BCUT2D eigenvalue weighted by Crippen LogP contribution is 2.22. The van der Waals surface area contributed by atoms with E-state index < -0.39 is 0 Å². The fraction of sp³-hybridized carbons (Fsp3) is 0.211. The van der Waals surface area contributed by atoms with Gasteiger partial charge in [-0.25, -0.2) is 4.39 Å². The summed E-state index contributed by atoms with van der Waals surface area (Å²) in [5.41, 5.74) is 2.75. The summed E-state index contributed by atoms with van der Waals surface area (Å²) >= 11 is 0. The van der Waals surface area contributed by atoms with Crippen LogP contribution in [0.4, 0.5) is 15.8 Å². The molecule has 1 amide bonds. The van der Waals surface area contributed by atoms with Crippen LogP contribution in [0.3, 0.4) is 0 Å². The summed E-state index contributed by atoms with van der Waals surface area (Å²) in [5, 5.41) is 2.82. The Labute approximate surface area is 135 Å². The third kappa shape index (κ3) is 4.19. The molecule has 0 bridgehead atoms. The number of benzene rings is 2. The van der Waals surface area contributed by atoms with E-state index in [-0.39, 0.29) is 11.7 Å². The maximum Gasteiger partial charge on any atom is 0.248 e. The second-order valence-corrected chi connectivity index (χ2v) is 5.62. The van der Waals surface area contributed by atoms with Gasteiger partial charge in [0, 0.05) is 30.5 Å². The van der Waals surface area contributed by atoms with Crippen LogP contribution < -0.4 is 10.2 Å². The number of carbonyl (C=O) groups is 1. The maximum absolute atomic E-state index is 12.8. The standard InChI is InChI=1S/C19H19FN2O/c20-16-6-3-15(4-7-16)5-12-19(23)21-17-8-10-18(11-9-17)22-13-1-2-14-22/h3-12H,1-2,13-14H2,(H,21,23)/b12-5+. The van der Waals surface area contributed by atoms with Crippen LogP contribution in [-0.4, -0.2) is 19.0 Å². The second kappa shape index (κ2) is 7.09. The van der Waals surface area contributed by atoms with E-state index in [0.29, 0.717) is 0 Å². The zero-order chi connectivity index (χ0) is 16.1. The number of rotatable bonds is 4. The number of hydrogen-bond acceptors (Lipinski definition) is 2. The fourth-order valence-corrected chi connectivity index (χ4v) is 2.66. The molecule has 0 aromatic heterocycles. The van der Waals surface area contributed by atoms with Gasteiger partial charge in [0.1, 0.15) is 5.82 Å². The molecule has 1 N–H and O–H groups in total. The third-order valence-corrected chi connectivity index (χ3v) is 3.90. The van der Waals surface area contributed by atoms with Crippen molar-refractivity contribution in [1.82, 2.24) is 0 Å². The molecule has 4 heteroatoms. The monoisotopic (exact) mass is 310 g/mol. The highest BCUT2D eigenvalue weighted by molar-refractivity contribution is 6.02. The molecule has 0 unspecified atom stereocenters. The summed E-state index contributed by atoms with van der Waals surface area (Å²) in [7, 11) is 0. The molecule has 3 rings (SSSR count). The molecule has 23 heavy (non-hydrogen) atoms. The molecule has 1 saturated heterocycles. The van der Waals surface area contributed by atoms with E-state index in [1.165, 1.54) is 36.7 Å². The first-order chi connectivity index (χ1) is 11.2. The van der Waals surface area contributed by atoms with Gasteiger partial charge in [0.15, 0.2) is 0 Å². The van der Waals surface area contributed by atoms with E-state index in [0.717, 1.165) is 24.3 Å². The first-order valence-electron chi connectivity index (χ1n) is 7.80. The molecule has 1 heterocycles. The molecule has 3 nitrogen and oxygen atoms in total. The van der Waals surface area contributed by atoms with Crippen LogP contribution in [0.2, 0.25) is 0 Å². The summed E-state index contributed by atoms with van der Waals surface area (Å²) in [6.07, 6.45) is 5.59. The number of hydrogen-bond donors (Lipinski definition) is 1. The lowest BCUT2D eigenvalue weighted by atomic mass is 10.2. The molecule has 0 spiro atoms. The minimum absolute atomic E-state index is 0.205. The number of anilines is 2. The van der Waals surface area contributed by atoms with Crippen LogP contribution in [-0.2, 0) is 4.79 Å². The minimum Gasteiger partial charge on any atom is -0.372 e. The first kappa shape index (κ1) is 15.3. The Morgan fingerprint density at radius 1 is 1.00 bits per heavy atom. The first-order valence-corrected chi connectivity index (χ1v) is 7.80. The van der Waals surface area contributed by atoms with Crippen molar-refractivity contribution >= 4 is 23.4 Å². The Balaban J connectivity index is 1.57. The van der Waals surface area contributed by atoms with Gasteiger partial charge in [-0.05, 0) is 60.9 Å². The van der Waals surface area contributed by atoms with Crippen molar-refractivity contribution in [3.8, 4) is 0 Å². The van der Waals surface area contributed by atoms with Crippen LogP contribution in [0, 0.1) is 5.82 Å². The molecular formula is C19H19FN2O. The zero-order valence-electron chi connectivity index (χ0n) is 12.8. The maximum atomic E-state index is 12.8. The van der Waals surface area contributed by atoms with Gasteiger partial charge >= 0.3 is 0 Å². The fourth-order valence-electron chi connectivity index (χ4n) is 2.66. The van der Waals surface area contributed by atoms with Crippen molar-refractivity contribution in [3.63, 3.8) is 0 Å². The average molecular weight is 310 g/mol. The number of nitrogens with one attached hydrogen (secondary N) is 1. The lowest BCUT2D eigenvalue weighted by Crippen LogP contribution is -2.17. The van der Waals surface area contributed by atoms with Gasteiger partial charge in [-0.15, -0.1) is 0 Å². The highest BCUT2D eigenvalue weighted by Gasteiger charge is 2.11. The molecular weight excluding hydrogens is 291 g/mol. The second-order valence-electron chi connectivity index (χ2n) is 5.62. The van der Waals surface area contributed by atoms with Crippen LogP contribution in [0.1, 0.15) is 18.4 Å². The van der Waals surface area contributed by atoms with Gasteiger partial charge < -0.3 is 10.2 Å². The van der Waals surface area contributed by atoms with Crippen molar-refractivity contribution in [2.24, 2.45) is 0 Å². The van der Waals surface area contributed by atoms with Gasteiger partial charge in [-0.2, -0.15) is 0 Å². The van der Waals surface area contributed by atoms with Gasteiger partial charge in [-0.1, -0.05) is 12.1 Å². The summed E-state index contributed by atoms with van der Waals surface area (Å²) in [6, 6.07) is 13.9. The summed E-state index contributed by atoms with van der Waals surface area (Å²) in [4.78, 5) is 14.3. The number of nitrogens with zero attached hydrogens (tertiary/aromatic N) is 1. The van der Waals surface area contributed by atoms with Crippen molar-refractivity contribution in [3.05, 3.63) is 66.0 Å². The van der Waals surface area contributed by atoms with E-state index in [1.807, 2.05) is 24.3 Å². The van der Waals surface area contributed by atoms with Gasteiger partial charge in [0.05, 0.1) is 0 Å². The molecule has 1 aliphatic heterocycles. The predicted molar refractivity (Wildman–Crippen MR) is 92.0 cm³/mol. The summed E-state index contributed by atoms with van der Waals surface area (Å²) in [6.45, 7) is 2.21. The quantitative estimate of drug-likeness (QED) is 0.863. The molecule has 0 radical (unpaired) electrons. The molecule has 0 aliphatic carbocycles. The predicted octanol–water partition coefficient (Wildman–Crippen LogP) is 4.08. The van der Waals surface area contributed by atoms with Crippen LogP contribution in [0.15, 0.2) is 54.6 Å². The number of carbonyl (C=O) groups excluding carboxylic acids is 1. The van der Waals surface area contributed by atoms with Crippen LogP contribution in [0.5, 0.6) is 0 Å². The van der Waals surface area contributed by atoms with E-state index >= 15 is 0 Å². The topological polar surface area (TPSA) is 32.3 Å². The van der Waals surface area contributed by atoms with Gasteiger partial charge in [-0.3, -0.25) is 4.79 Å². The van der Waals surface area contributed by atoms with E-state index in [1.54, 1.807) is 18.2 Å². The average Bonchev–Trinajstić information content (AvgIpc) is 3.09. The SMILES string of the molecule is O=C(/C=C/c1ccc(F)cc1)Nc1ccc(N2CCCC2)cc1. The zero-order valence-corrected chi connectivity index (χ0v) is 12.8. The molecule has 0 saturated carbocycles. The molecule has 1 aliphatic rings. The molecule has 2 aromatic carbocycles. The van der Waals surface area contributed by atoms with E-state index in [4.69, 9.17) is 0 Å². The Bertz CT molecular complexity index is 686. The van der Waals surface area contributed by atoms with Gasteiger partial charge in [0.25, 0.3) is 0 Å². The Hall–Kier alpha value is -2.62. The molecule has 0 atom stereocenters. The molecule has 2 aromatic rings. The van der Waals surface area contributed by atoms with Crippen LogP contribution in [0.25, 0.3) is 6.08 Å². The highest BCUT2D eigenvalue weighted by atomic mass is 19.1. The summed E-state index contributed by atoms with van der Waals surface area (Å²) < 4.78 is 12.8. The number of halogens is 1. The normalized spacial score (nSPS) is 14.4. The van der Waals surface area contributed by atoms with Crippen molar-refractivity contribution < 1.29 is 9.18 Å². The summed E-state index contributed by atoms with van der Waals surface area (Å²) in [5.74, 6) is -0.493. The Morgan fingerprint density at radius 3 is 2.30 bits per heavy atom. The number of amides is 1. The molecule has 1 fully saturated rings. The lowest BCUT2D eigenvalue weighted by molar-refractivity contribution is -0.111. The van der Waals surface area contributed by atoms with E-state index in [2.05, 4.69) is 10.2 Å². The largest absolute Gasteiger partial charge is 0.372 e. The molecule has 118 valence electrons. The van der Waals surface area contributed by atoms with Crippen molar-refractivity contribution in [2.45, 2.75) is 12.8 Å². The smallest absolute Gasteiger partial charge is 0.248 e. The van der Waals surface area contributed by atoms with E-state index in [9.17, 15) is 9.18 Å². The lowest BCUT2D eigenvalue weighted by Gasteiger charge is -2.17. The minimum atomic E-state index is -0.287. The Morgan fingerprint density at radius 2 is 1.65 bits per heavy atom. The third-order valence-electron chi connectivity index (χ3n) is 3.90. The van der Waals surface area contributed by atoms with Crippen molar-refractivity contribution in [2.75, 3.05) is 23.3 Å². The Kier molecular flexibility index (Phi) is 4.71. The van der Waals surface area contributed by atoms with Crippen molar-refractivity contribution in [1.29, 1.82) is 0 Å². The van der Waals surface area contributed by atoms with Gasteiger partial charge in [0.2, 0.25) is 5.91 Å².